The first kappa shape index (κ1) is 20.5. The predicted octanol–water partition coefficient (Wildman–Crippen LogP) is 1.33. The van der Waals surface area contributed by atoms with Gasteiger partial charge in [0.1, 0.15) is 11.3 Å². The quantitative estimate of drug-likeness (QED) is 0.264. The predicted molar refractivity (Wildman–Crippen MR) is 109 cm³/mol. The minimum atomic E-state index is -0.806. The summed E-state index contributed by atoms with van der Waals surface area (Å²) in [6.07, 6.45) is 4.12. The van der Waals surface area contributed by atoms with Crippen LogP contribution >= 0.6 is 24.0 Å². The van der Waals surface area contributed by atoms with Crippen molar-refractivity contribution >= 4 is 41.9 Å². The van der Waals surface area contributed by atoms with Crippen molar-refractivity contribution in [3.05, 3.63) is 24.2 Å². The Balaban J connectivity index is 0.00000243. The first-order valence-electron chi connectivity index (χ1n) is 8.64. The lowest BCUT2D eigenvalue weighted by molar-refractivity contribution is -0.125. The number of nitrogens with zero attached hydrogens (tertiary/aromatic N) is 2. The molecule has 3 N–H and O–H groups in total. The highest BCUT2D eigenvalue weighted by molar-refractivity contribution is 14.0. The van der Waals surface area contributed by atoms with E-state index in [9.17, 15) is 9.59 Å². The molecule has 2 fully saturated rings. The van der Waals surface area contributed by atoms with E-state index in [1.165, 1.54) is 0 Å². The number of guanidine groups is 1. The Morgan fingerprint density at radius 1 is 1.42 bits per heavy atom. The summed E-state index contributed by atoms with van der Waals surface area (Å²) in [6, 6.07) is 3.44. The molecule has 0 spiro atoms. The SMILES string of the molecule is CN=C(NCCc1ccco1)N1CCC(C2(C)NC(=O)NC2=O)CC1.I. The zero-order valence-electron chi connectivity index (χ0n) is 15.1. The molecule has 1 aromatic heterocycles. The number of likely N-dealkylation sites (tertiary alicyclic amines) is 1. The molecule has 8 nitrogen and oxygen atoms in total. The van der Waals surface area contributed by atoms with Crippen LogP contribution in [0.5, 0.6) is 0 Å². The summed E-state index contributed by atoms with van der Waals surface area (Å²) in [6.45, 7) is 4.15. The molecule has 26 heavy (non-hydrogen) atoms. The molecule has 0 saturated carbocycles. The minimum absolute atomic E-state index is 0. The van der Waals surface area contributed by atoms with Crippen LogP contribution in [0.25, 0.3) is 0 Å². The van der Waals surface area contributed by atoms with Gasteiger partial charge >= 0.3 is 6.03 Å². The topological polar surface area (TPSA) is 99.0 Å². The highest BCUT2D eigenvalue weighted by atomic mass is 127. The van der Waals surface area contributed by atoms with Gasteiger partial charge in [0.2, 0.25) is 0 Å². The lowest BCUT2D eigenvalue weighted by atomic mass is 9.79. The third kappa shape index (κ3) is 4.30. The second-order valence-corrected chi connectivity index (χ2v) is 6.68. The van der Waals surface area contributed by atoms with E-state index in [1.807, 2.05) is 19.1 Å². The number of nitrogens with one attached hydrogen (secondary N) is 3. The van der Waals surface area contributed by atoms with E-state index in [-0.39, 0.29) is 35.8 Å². The first-order valence-corrected chi connectivity index (χ1v) is 8.64. The zero-order chi connectivity index (χ0) is 17.9. The highest BCUT2D eigenvalue weighted by Gasteiger charge is 2.48. The molecule has 0 aliphatic carbocycles. The van der Waals surface area contributed by atoms with Crippen molar-refractivity contribution in [3.8, 4) is 0 Å². The van der Waals surface area contributed by atoms with Crippen LogP contribution in [-0.2, 0) is 11.2 Å². The van der Waals surface area contributed by atoms with Crippen molar-refractivity contribution in [2.45, 2.75) is 31.7 Å². The number of amides is 3. The third-order valence-corrected chi connectivity index (χ3v) is 5.13. The maximum atomic E-state index is 12.1. The van der Waals surface area contributed by atoms with Crippen LogP contribution in [0.15, 0.2) is 27.8 Å². The van der Waals surface area contributed by atoms with Gasteiger partial charge in [0, 0.05) is 33.1 Å². The van der Waals surface area contributed by atoms with Gasteiger partial charge in [-0.1, -0.05) is 0 Å². The first-order chi connectivity index (χ1) is 12.0. The van der Waals surface area contributed by atoms with Crippen LogP contribution in [0.3, 0.4) is 0 Å². The second kappa shape index (κ2) is 8.74. The number of rotatable bonds is 4. The van der Waals surface area contributed by atoms with Gasteiger partial charge in [-0.3, -0.25) is 15.1 Å². The summed E-state index contributed by atoms with van der Waals surface area (Å²) in [7, 11) is 1.77. The van der Waals surface area contributed by atoms with Crippen molar-refractivity contribution in [2.75, 3.05) is 26.7 Å². The van der Waals surface area contributed by atoms with Gasteiger partial charge in [-0.2, -0.15) is 0 Å². The Morgan fingerprint density at radius 3 is 2.69 bits per heavy atom. The number of halogens is 1. The molecule has 3 heterocycles. The van der Waals surface area contributed by atoms with Gasteiger partial charge < -0.3 is 20.0 Å². The molecule has 0 bridgehead atoms. The summed E-state index contributed by atoms with van der Waals surface area (Å²) in [5.41, 5.74) is -0.806. The van der Waals surface area contributed by atoms with E-state index in [2.05, 4.69) is 25.8 Å². The molecule has 3 amide bonds. The van der Waals surface area contributed by atoms with Crippen molar-refractivity contribution in [2.24, 2.45) is 10.9 Å². The van der Waals surface area contributed by atoms with E-state index in [4.69, 9.17) is 4.42 Å². The van der Waals surface area contributed by atoms with Crippen LogP contribution in [0.1, 0.15) is 25.5 Å². The standard InChI is InChI=1S/C17H25N5O3.HI/c1-17(14(23)20-16(24)21-17)12-6-9-22(10-7-12)15(18-2)19-8-5-13-4-3-11-25-13;/h3-4,11-12H,5-10H2,1-2H3,(H,18,19)(H2,20,21,23,24);1H. The monoisotopic (exact) mass is 475 g/mol. The number of piperidine rings is 1. The Bertz CT molecular complexity index is 655. The van der Waals surface area contributed by atoms with Gasteiger partial charge in [0.05, 0.1) is 6.26 Å². The van der Waals surface area contributed by atoms with Crippen LogP contribution in [-0.4, -0.2) is 55.0 Å². The normalized spacial score (nSPS) is 24.1. The molecule has 2 aliphatic rings. The number of urea groups is 1. The van der Waals surface area contributed by atoms with E-state index in [1.54, 1.807) is 13.3 Å². The van der Waals surface area contributed by atoms with Crippen LogP contribution < -0.4 is 16.0 Å². The Labute approximate surface area is 170 Å². The van der Waals surface area contributed by atoms with E-state index in [0.717, 1.165) is 50.6 Å². The molecule has 1 atom stereocenters. The molecule has 0 radical (unpaired) electrons. The Kier molecular flexibility index (Phi) is 6.90. The van der Waals surface area contributed by atoms with Crippen molar-refractivity contribution in [1.29, 1.82) is 0 Å². The van der Waals surface area contributed by atoms with Crippen molar-refractivity contribution < 1.29 is 14.0 Å². The molecule has 3 rings (SSSR count). The average molecular weight is 475 g/mol. The molecule has 2 aliphatic heterocycles. The number of aliphatic imine (C=N–C) groups is 1. The summed E-state index contributed by atoms with van der Waals surface area (Å²) in [4.78, 5) is 30.1. The summed E-state index contributed by atoms with van der Waals surface area (Å²) < 4.78 is 5.33. The molecule has 9 heteroatoms. The fourth-order valence-electron chi connectivity index (χ4n) is 3.60. The second-order valence-electron chi connectivity index (χ2n) is 6.68. The van der Waals surface area contributed by atoms with Crippen LogP contribution in [0.4, 0.5) is 4.79 Å². The fraction of sp³-hybridized carbons (Fsp3) is 0.588. The van der Waals surface area contributed by atoms with Crippen molar-refractivity contribution in [1.82, 2.24) is 20.9 Å². The summed E-state index contributed by atoms with van der Waals surface area (Å²) >= 11 is 0. The largest absolute Gasteiger partial charge is 0.469 e. The third-order valence-electron chi connectivity index (χ3n) is 5.13. The zero-order valence-corrected chi connectivity index (χ0v) is 17.4. The number of carbonyl (C=O) groups is 2. The van der Waals surface area contributed by atoms with E-state index in [0.29, 0.717) is 0 Å². The number of furan rings is 1. The Hall–Kier alpha value is -1.78. The van der Waals surface area contributed by atoms with Gasteiger partial charge in [0.15, 0.2) is 5.96 Å². The molecule has 144 valence electrons. The van der Waals surface area contributed by atoms with Crippen LogP contribution in [0.2, 0.25) is 0 Å². The molecule has 0 aromatic carbocycles. The lowest BCUT2D eigenvalue weighted by Crippen LogP contribution is -2.55. The number of hydrogen-bond acceptors (Lipinski definition) is 4. The van der Waals surface area contributed by atoms with Gasteiger partial charge in [-0.15, -0.1) is 24.0 Å². The lowest BCUT2D eigenvalue weighted by Gasteiger charge is -2.39. The number of hydrogen-bond donors (Lipinski definition) is 3. The number of imide groups is 1. The molecule has 1 unspecified atom stereocenters. The molecule has 2 saturated heterocycles. The maximum absolute atomic E-state index is 12.1. The van der Waals surface area contributed by atoms with Gasteiger partial charge in [-0.05, 0) is 37.8 Å². The van der Waals surface area contributed by atoms with Gasteiger partial charge in [0.25, 0.3) is 5.91 Å². The molecular weight excluding hydrogens is 449 g/mol. The smallest absolute Gasteiger partial charge is 0.322 e. The van der Waals surface area contributed by atoms with Crippen LogP contribution in [0, 0.1) is 5.92 Å². The molecular formula is C17H26IN5O3. The van der Waals surface area contributed by atoms with Gasteiger partial charge in [-0.25, -0.2) is 4.79 Å². The number of carbonyl (C=O) groups excluding carboxylic acids is 2. The highest BCUT2D eigenvalue weighted by Crippen LogP contribution is 2.30. The van der Waals surface area contributed by atoms with E-state index < -0.39 is 11.6 Å². The van der Waals surface area contributed by atoms with E-state index >= 15 is 0 Å². The molecule has 1 aromatic rings. The Morgan fingerprint density at radius 2 is 2.15 bits per heavy atom. The average Bonchev–Trinajstić information content (AvgIpc) is 3.20. The summed E-state index contributed by atoms with van der Waals surface area (Å²) in [5, 5.41) is 8.48. The minimum Gasteiger partial charge on any atom is -0.469 e. The van der Waals surface area contributed by atoms with Crippen molar-refractivity contribution in [3.63, 3.8) is 0 Å². The fourth-order valence-corrected chi connectivity index (χ4v) is 3.60. The maximum Gasteiger partial charge on any atom is 0.322 e. The summed E-state index contributed by atoms with van der Waals surface area (Å²) in [5.74, 6) is 1.70.